The van der Waals surface area contributed by atoms with Crippen LogP contribution in [-0.2, 0) is 33.2 Å². The highest BCUT2D eigenvalue weighted by Crippen LogP contribution is 2.44. The first-order chi connectivity index (χ1) is 26.3. The van der Waals surface area contributed by atoms with Crippen LogP contribution < -0.4 is 0 Å². The predicted molar refractivity (Wildman–Crippen MR) is 186 cm³/mol. The Labute approximate surface area is 319 Å². The molecule has 3 aliphatic heterocycles. The minimum absolute atomic E-state index is 0.0114. The molecule has 18 nitrogen and oxygen atoms in total. The highest BCUT2D eigenvalue weighted by atomic mass is 16.7. The molecule has 3 aliphatic carbocycles. The van der Waals surface area contributed by atoms with E-state index in [2.05, 4.69) is 0 Å². The summed E-state index contributed by atoms with van der Waals surface area (Å²) in [5.41, 5.74) is 0. The summed E-state index contributed by atoms with van der Waals surface area (Å²) in [7, 11) is 1.52. The van der Waals surface area contributed by atoms with Gasteiger partial charge in [-0.3, -0.25) is 0 Å². The second kappa shape index (κ2) is 19.1. The normalized spacial score (nSPS) is 49.7. The van der Waals surface area contributed by atoms with Crippen molar-refractivity contribution in [3.63, 3.8) is 0 Å². The van der Waals surface area contributed by atoms with Gasteiger partial charge in [-0.05, 0) is 57.3 Å². The molecule has 0 bridgehead atoms. The van der Waals surface area contributed by atoms with E-state index in [-0.39, 0.29) is 30.8 Å². The quantitative estimate of drug-likeness (QED) is 0.0555. The van der Waals surface area contributed by atoms with Crippen molar-refractivity contribution in [2.75, 3.05) is 20.3 Å². The van der Waals surface area contributed by atoms with E-state index in [1.165, 1.54) is 13.2 Å². The second-order valence-electron chi connectivity index (χ2n) is 16.3. The maximum absolute atomic E-state index is 12.7. The summed E-state index contributed by atoms with van der Waals surface area (Å²) < 4.78 is 40.1. The van der Waals surface area contributed by atoms with Crippen LogP contribution in [0.2, 0.25) is 0 Å². The largest absolute Gasteiger partial charge is 0.460 e. The number of rotatable bonds is 11. The molecule has 19 unspecified atom stereocenters. The summed E-state index contributed by atoms with van der Waals surface area (Å²) in [5.74, 6) is -1.19. The third-order valence-electron chi connectivity index (χ3n) is 12.6. The molecule has 0 aromatic carbocycles. The first kappa shape index (κ1) is 43.2. The van der Waals surface area contributed by atoms with E-state index in [4.69, 9.17) is 33.2 Å². The fourth-order valence-corrected chi connectivity index (χ4v) is 9.30. The molecule has 19 atom stereocenters. The molecule has 6 rings (SSSR count). The fraction of sp³-hybridized carbons (Fsp3) is 0.919. The van der Waals surface area contributed by atoms with E-state index < -0.39 is 129 Å². The number of hydrogen-bond acceptors (Lipinski definition) is 17. The molecule has 3 heterocycles. The zero-order chi connectivity index (χ0) is 39.6. The Morgan fingerprint density at radius 3 is 1.98 bits per heavy atom. The van der Waals surface area contributed by atoms with E-state index in [1.54, 1.807) is 6.08 Å². The lowest BCUT2D eigenvalue weighted by Crippen LogP contribution is -2.64. The Kier molecular flexibility index (Phi) is 15.0. The highest BCUT2D eigenvalue weighted by molar-refractivity contribution is 5.81. The fourth-order valence-electron chi connectivity index (χ4n) is 9.30. The van der Waals surface area contributed by atoms with Crippen LogP contribution in [-0.4, -0.2) is 192 Å². The lowest BCUT2D eigenvalue weighted by molar-refractivity contribution is -0.366. The summed E-state index contributed by atoms with van der Waals surface area (Å²) >= 11 is 0. The van der Waals surface area contributed by atoms with Gasteiger partial charge < -0.3 is 84.2 Å². The second-order valence-corrected chi connectivity index (χ2v) is 16.3. The molecule has 0 aromatic rings. The van der Waals surface area contributed by atoms with E-state index in [0.717, 1.165) is 0 Å². The van der Waals surface area contributed by atoms with Gasteiger partial charge in [0.2, 0.25) is 0 Å². The van der Waals surface area contributed by atoms with Gasteiger partial charge in [0, 0.05) is 31.9 Å². The SMILES string of the molecule is COC1CC(C=CC(=O)OCC2OC(OC3CC4C(OC5OC(CO)C(O)C(O)C5O)CC(O)CC4[OH+]C3C3CCC(O)CC3)C(O)C(O)C2O)CCC1O. The van der Waals surface area contributed by atoms with E-state index >= 15 is 0 Å². The van der Waals surface area contributed by atoms with E-state index in [1.807, 2.05) is 0 Å². The highest BCUT2D eigenvalue weighted by Gasteiger charge is 2.56. The summed E-state index contributed by atoms with van der Waals surface area (Å²) in [6.45, 7) is -1.11. The molecule has 18 heteroatoms. The minimum atomic E-state index is -1.72. The van der Waals surface area contributed by atoms with Crippen molar-refractivity contribution in [1.29, 1.82) is 0 Å². The summed E-state index contributed by atoms with van der Waals surface area (Å²) in [6.07, 6.45) is -12.3. The molecule has 0 radical (unpaired) electrons. The van der Waals surface area contributed by atoms with Gasteiger partial charge in [-0.25, -0.2) is 4.79 Å². The number of aliphatic hydroxyl groups is 12. The van der Waals surface area contributed by atoms with Gasteiger partial charge in [0.1, 0.15) is 61.5 Å². The van der Waals surface area contributed by atoms with Gasteiger partial charge in [0.25, 0.3) is 0 Å². The Bertz CT molecular complexity index is 1250. The molecule has 3 saturated heterocycles. The first-order valence-corrected chi connectivity index (χ1v) is 19.7. The number of fused-ring (bicyclic) bond motifs is 1. The molecule has 6 fully saturated rings. The number of carbonyl (C=O) groups is 1. The van der Waals surface area contributed by atoms with Gasteiger partial charge in [-0.2, -0.15) is 0 Å². The van der Waals surface area contributed by atoms with Gasteiger partial charge in [0.05, 0.1) is 43.0 Å². The molecular weight excluding hydrogens is 732 g/mol. The number of carbonyl (C=O) groups excluding carboxylic acids is 1. The van der Waals surface area contributed by atoms with Gasteiger partial charge in [0.15, 0.2) is 24.8 Å². The summed E-state index contributed by atoms with van der Waals surface area (Å²) in [6, 6.07) is 0. The van der Waals surface area contributed by atoms with Crippen LogP contribution in [0.5, 0.6) is 0 Å². The van der Waals surface area contributed by atoms with Crippen LogP contribution in [0.4, 0.5) is 0 Å². The molecule has 0 amide bonds. The first-order valence-electron chi connectivity index (χ1n) is 19.7. The van der Waals surface area contributed by atoms with Crippen molar-refractivity contribution in [1.82, 2.24) is 0 Å². The van der Waals surface area contributed by atoms with Crippen LogP contribution in [0.3, 0.4) is 0 Å². The van der Waals surface area contributed by atoms with Gasteiger partial charge in [-0.15, -0.1) is 0 Å². The monoisotopic (exact) mass is 793 g/mol. The van der Waals surface area contributed by atoms with Crippen molar-refractivity contribution in [3.05, 3.63) is 12.2 Å². The van der Waals surface area contributed by atoms with Crippen molar-refractivity contribution < 1.29 is 89.0 Å². The number of ether oxygens (including phenoxy) is 7. The van der Waals surface area contributed by atoms with Crippen molar-refractivity contribution in [3.8, 4) is 0 Å². The lowest BCUT2D eigenvalue weighted by Gasteiger charge is -2.50. The third kappa shape index (κ3) is 10.1. The topological polar surface area (TPSA) is 288 Å². The molecule has 11 N–H and O–H groups in total. The van der Waals surface area contributed by atoms with Gasteiger partial charge >= 0.3 is 5.97 Å². The zero-order valence-corrected chi connectivity index (χ0v) is 31.0. The Morgan fingerprint density at radius 1 is 0.691 bits per heavy atom. The van der Waals surface area contributed by atoms with Crippen LogP contribution in [0.25, 0.3) is 0 Å². The molecule has 55 heavy (non-hydrogen) atoms. The van der Waals surface area contributed by atoms with Crippen LogP contribution in [0.15, 0.2) is 12.2 Å². The number of methoxy groups -OCH3 is 1. The Morgan fingerprint density at radius 2 is 1.33 bits per heavy atom. The summed E-state index contributed by atoms with van der Waals surface area (Å²) in [4.78, 5) is 12.7. The maximum Gasteiger partial charge on any atom is 0.330 e. The lowest BCUT2D eigenvalue weighted by atomic mass is 9.73. The molecule has 3 saturated carbocycles. The van der Waals surface area contributed by atoms with Crippen LogP contribution in [0.1, 0.15) is 64.2 Å². The molecule has 0 spiro atoms. The Balaban J connectivity index is 1.14. The smallest absolute Gasteiger partial charge is 0.330 e. The minimum Gasteiger partial charge on any atom is -0.460 e. The molecule has 6 aliphatic rings. The predicted octanol–water partition coefficient (Wildman–Crippen LogP) is -3.37. The van der Waals surface area contributed by atoms with E-state index in [9.17, 15) is 55.9 Å². The third-order valence-corrected chi connectivity index (χ3v) is 12.6. The average Bonchev–Trinajstić information content (AvgIpc) is 3.17. The van der Waals surface area contributed by atoms with Crippen molar-refractivity contribution >= 4 is 5.97 Å². The Hall–Kier alpha value is -1.43. The number of esters is 1. The zero-order valence-electron chi connectivity index (χ0n) is 31.0. The van der Waals surface area contributed by atoms with Gasteiger partial charge in [-0.1, -0.05) is 6.08 Å². The number of hydrogen-bond donors (Lipinski definition) is 10. The van der Waals surface area contributed by atoms with Crippen LogP contribution in [0, 0.1) is 17.8 Å². The number of aliphatic hydroxyl groups excluding tert-OH is 10. The molecular formula is C37H61O18+. The molecule has 0 aromatic heterocycles. The number of allylic oxidation sites excluding steroid dienone is 1. The van der Waals surface area contributed by atoms with E-state index in [0.29, 0.717) is 51.4 Å². The standard InChI is InChI=1S/C37H60O18/c1-49-24-10-16(2-8-21(24)41)3-9-28(42)50-15-27-30(44)32(46)34(48)37(55-27)53-25-13-20-22(51-35(25)17-4-6-18(39)7-5-17)11-19(40)12-23(20)52-36-33(47)31(45)29(43)26(14-38)54-36/h3,9,16-27,29-41,43-48H,2,4-8,10-15H2,1H3/p+1. The molecule has 316 valence electrons. The summed E-state index contributed by atoms with van der Waals surface area (Å²) in [5, 5.41) is 105. The van der Waals surface area contributed by atoms with Crippen LogP contribution >= 0.6 is 0 Å². The average molecular weight is 794 g/mol. The maximum atomic E-state index is 12.7. The van der Waals surface area contributed by atoms with Crippen molar-refractivity contribution in [2.24, 2.45) is 17.8 Å². The van der Waals surface area contributed by atoms with Crippen molar-refractivity contribution in [2.45, 2.75) is 174 Å².